The number of carbonyl (C=O) groups excluding carboxylic acids is 2. The minimum Gasteiger partial charge on any atom is -0.367 e. The number of ketones is 1. The molecule has 0 atom stereocenters. The maximum Gasteiger partial charge on any atom is 0.228 e. The number of carbonyl (C=O) groups is 2. The van der Waals surface area contributed by atoms with Gasteiger partial charge in [-0.2, -0.15) is 5.26 Å². The number of Topliss-reactive ketones (excluding diaryl/α,β-unsaturated/α-hetero) is 1. The molecule has 1 aliphatic heterocycles. The van der Waals surface area contributed by atoms with Gasteiger partial charge in [-0.15, -0.1) is 0 Å². The van der Waals surface area contributed by atoms with E-state index in [4.69, 9.17) is 0 Å². The van der Waals surface area contributed by atoms with Crippen molar-refractivity contribution in [2.24, 2.45) is 23.2 Å². The number of benzene rings is 1. The van der Waals surface area contributed by atoms with Crippen LogP contribution in [0.2, 0.25) is 0 Å². The number of nitrogens with zero attached hydrogens (tertiary/aromatic N) is 3. The molecule has 5 fully saturated rings. The predicted molar refractivity (Wildman–Crippen MR) is 111 cm³/mol. The van der Waals surface area contributed by atoms with E-state index in [0.717, 1.165) is 42.7 Å². The van der Waals surface area contributed by atoms with Crippen LogP contribution in [0.3, 0.4) is 0 Å². The Morgan fingerprint density at radius 2 is 1.59 bits per heavy atom. The third-order valence-electron chi connectivity index (χ3n) is 7.92. The lowest BCUT2D eigenvalue weighted by Gasteiger charge is -2.57. The fourth-order valence-electron chi connectivity index (χ4n) is 6.97. The third-order valence-corrected chi connectivity index (χ3v) is 7.92. The summed E-state index contributed by atoms with van der Waals surface area (Å²) in [6.07, 6.45) is 7.38. The topological polar surface area (TPSA) is 64.4 Å². The number of hydrogen-bond acceptors (Lipinski definition) is 4. The molecule has 5 aliphatic rings. The molecular weight excluding hydrogens is 362 g/mol. The Balaban J connectivity index is 1.30. The van der Waals surface area contributed by atoms with E-state index in [1.54, 1.807) is 19.1 Å². The van der Waals surface area contributed by atoms with Crippen LogP contribution in [-0.4, -0.2) is 42.8 Å². The van der Waals surface area contributed by atoms with Crippen molar-refractivity contribution in [3.05, 3.63) is 29.3 Å². The summed E-state index contributed by atoms with van der Waals surface area (Å²) in [6.45, 7) is 4.39. The van der Waals surface area contributed by atoms with Gasteiger partial charge in [0.1, 0.15) is 6.07 Å². The molecule has 4 bridgehead atoms. The molecule has 152 valence electrons. The van der Waals surface area contributed by atoms with Crippen molar-refractivity contribution in [1.82, 2.24) is 4.90 Å². The summed E-state index contributed by atoms with van der Waals surface area (Å²) < 4.78 is 0. The van der Waals surface area contributed by atoms with E-state index in [-0.39, 0.29) is 11.2 Å². The average molecular weight is 392 g/mol. The summed E-state index contributed by atoms with van der Waals surface area (Å²) in [5.41, 5.74) is 1.97. The van der Waals surface area contributed by atoms with Gasteiger partial charge in [-0.05, 0) is 81.4 Å². The highest BCUT2D eigenvalue weighted by Gasteiger charge is 2.55. The maximum absolute atomic E-state index is 13.6. The molecule has 5 heteroatoms. The lowest BCUT2D eigenvalue weighted by molar-refractivity contribution is -0.158. The highest BCUT2D eigenvalue weighted by Crippen LogP contribution is 2.60. The number of amides is 1. The van der Waals surface area contributed by atoms with Crippen molar-refractivity contribution in [3.8, 4) is 6.07 Å². The van der Waals surface area contributed by atoms with Crippen LogP contribution >= 0.6 is 0 Å². The summed E-state index contributed by atoms with van der Waals surface area (Å²) in [4.78, 5) is 29.6. The van der Waals surface area contributed by atoms with Gasteiger partial charge in [-0.3, -0.25) is 9.59 Å². The van der Waals surface area contributed by atoms with E-state index < -0.39 is 0 Å². The number of rotatable bonds is 3. The van der Waals surface area contributed by atoms with Crippen molar-refractivity contribution >= 4 is 17.4 Å². The fourth-order valence-corrected chi connectivity index (χ4v) is 6.97. The van der Waals surface area contributed by atoms with Crippen LogP contribution in [0.5, 0.6) is 0 Å². The Hall–Kier alpha value is -2.35. The SMILES string of the molecule is CC(=O)c1ccc(C#N)c(N2CCN(C(=O)C34CC5CC(CC(C5)C3)C4)CC2)c1. The predicted octanol–water partition coefficient (Wildman–Crippen LogP) is 3.63. The summed E-state index contributed by atoms with van der Waals surface area (Å²) in [5, 5.41) is 9.49. The summed E-state index contributed by atoms with van der Waals surface area (Å²) in [6, 6.07) is 7.53. The normalized spacial score (nSPS) is 32.9. The van der Waals surface area contributed by atoms with Crippen molar-refractivity contribution < 1.29 is 9.59 Å². The van der Waals surface area contributed by atoms with Crippen LogP contribution in [-0.2, 0) is 4.79 Å². The first-order chi connectivity index (χ1) is 14.0. The maximum atomic E-state index is 13.6. The molecule has 4 aliphatic carbocycles. The van der Waals surface area contributed by atoms with E-state index in [1.807, 2.05) is 6.07 Å². The Morgan fingerprint density at radius 1 is 1.00 bits per heavy atom. The molecule has 0 radical (unpaired) electrons. The van der Waals surface area contributed by atoms with Gasteiger partial charge in [-0.1, -0.05) is 0 Å². The van der Waals surface area contributed by atoms with E-state index in [2.05, 4.69) is 15.9 Å². The van der Waals surface area contributed by atoms with E-state index >= 15 is 0 Å². The van der Waals surface area contributed by atoms with E-state index in [1.165, 1.54) is 19.3 Å². The summed E-state index contributed by atoms with van der Waals surface area (Å²) >= 11 is 0. The second-order valence-electron chi connectivity index (χ2n) is 9.88. The van der Waals surface area contributed by atoms with Crippen LogP contribution < -0.4 is 4.90 Å². The van der Waals surface area contributed by atoms with Crippen molar-refractivity contribution in [1.29, 1.82) is 5.26 Å². The molecule has 1 saturated heterocycles. The van der Waals surface area contributed by atoms with Gasteiger partial charge in [0.2, 0.25) is 5.91 Å². The number of hydrogen-bond donors (Lipinski definition) is 0. The van der Waals surface area contributed by atoms with Crippen LogP contribution in [0.25, 0.3) is 0 Å². The molecular formula is C24H29N3O2. The zero-order chi connectivity index (χ0) is 20.2. The Bertz CT molecular complexity index is 857. The van der Waals surface area contributed by atoms with Crippen LogP contribution in [0.15, 0.2) is 18.2 Å². The number of nitriles is 1. The fraction of sp³-hybridized carbons (Fsp3) is 0.625. The first-order valence-corrected chi connectivity index (χ1v) is 11.1. The van der Waals surface area contributed by atoms with Crippen molar-refractivity contribution in [2.75, 3.05) is 31.1 Å². The number of piperazine rings is 1. The first-order valence-electron chi connectivity index (χ1n) is 11.1. The summed E-state index contributed by atoms with van der Waals surface area (Å²) in [5.74, 6) is 2.73. The Labute approximate surface area is 172 Å². The monoisotopic (exact) mass is 391 g/mol. The molecule has 1 aromatic rings. The van der Waals surface area contributed by atoms with Gasteiger partial charge >= 0.3 is 0 Å². The molecule has 0 N–H and O–H groups in total. The van der Waals surface area contributed by atoms with Crippen molar-refractivity contribution in [3.63, 3.8) is 0 Å². The standard InChI is InChI=1S/C24H29N3O2/c1-16(28)20-2-3-21(15-25)22(11-20)26-4-6-27(7-5-26)23(29)24-12-17-8-18(13-24)10-19(9-17)14-24/h2-3,11,17-19H,4-10,12-14H2,1H3. The summed E-state index contributed by atoms with van der Waals surface area (Å²) in [7, 11) is 0. The minimum absolute atomic E-state index is 0.00590. The van der Waals surface area contributed by atoms with Gasteiger partial charge in [0.25, 0.3) is 0 Å². The Kier molecular flexibility index (Phi) is 4.42. The van der Waals surface area contributed by atoms with E-state index in [9.17, 15) is 14.9 Å². The Morgan fingerprint density at radius 3 is 2.10 bits per heavy atom. The lowest BCUT2D eigenvalue weighted by atomic mass is 9.49. The van der Waals surface area contributed by atoms with Crippen LogP contribution in [0.4, 0.5) is 5.69 Å². The van der Waals surface area contributed by atoms with Gasteiger partial charge in [0.15, 0.2) is 5.78 Å². The average Bonchev–Trinajstić information content (AvgIpc) is 2.72. The zero-order valence-corrected chi connectivity index (χ0v) is 17.2. The first kappa shape index (κ1) is 18.7. The van der Waals surface area contributed by atoms with Crippen LogP contribution in [0.1, 0.15) is 61.4 Å². The quantitative estimate of drug-likeness (QED) is 0.738. The van der Waals surface area contributed by atoms with E-state index in [0.29, 0.717) is 43.2 Å². The largest absolute Gasteiger partial charge is 0.367 e. The lowest BCUT2D eigenvalue weighted by Crippen LogP contribution is -2.58. The van der Waals surface area contributed by atoms with Crippen molar-refractivity contribution in [2.45, 2.75) is 45.4 Å². The minimum atomic E-state index is -0.0801. The highest BCUT2D eigenvalue weighted by molar-refractivity contribution is 5.95. The molecule has 5 nitrogen and oxygen atoms in total. The second kappa shape index (κ2) is 6.86. The highest BCUT2D eigenvalue weighted by atomic mass is 16.2. The molecule has 4 saturated carbocycles. The molecule has 29 heavy (non-hydrogen) atoms. The zero-order valence-electron chi connectivity index (χ0n) is 17.2. The van der Waals surface area contributed by atoms with Gasteiger partial charge in [0.05, 0.1) is 16.7 Å². The second-order valence-corrected chi connectivity index (χ2v) is 9.88. The number of anilines is 1. The molecule has 6 rings (SSSR count). The smallest absolute Gasteiger partial charge is 0.228 e. The van der Waals surface area contributed by atoms with Gasteiger partial charge < -0.3 is 9.80 Å². The van der Waals surface area contributed by atoms with Crippen LogP contribution in [0, 0.1) is 34.5 Å². The molecule has 1 heterocycles. The van der Waals surface area contributed by atoms with Gasteiger partial charge in [0, 0.05) is 31.7 Å². The molecule has 1 amide bonds. The molecule has 0 unspecified atom stereocenters. The molecule has 0 aromatic heterocycles. The third kappa shape index (κ3) is 3.13. The molecule has 0 spiro atoms. The molecule has 1 aromatic carbocycles. The van der Waals surface area contributed by atoms with Gasteiger partial charge in [-0.25, -0.2) is 0 Å².